The van der Waals surface area contributed by atoms with Crippen molar-refractivity contribution >= 4 is 39.1 Å². The van der Waals surface area contributed by atoms with Gasteiger partial charge >= 0.3 is 0 Å². The fourth-order valence-electron chi connectivity index (χ4n) is 2.88. The van der Waals surface area contributed by atoms with Crippen LogP contribution in [-0.4, -0.2) is 49.7 Å². The van der Waals surface area contributed by atoms with Crippen molar-refractivity contribution in [2.24, 2.45) is 0 Å². The normalized spacial score (nSPS) is 15.4. The zero-order chi connectivity index (χ0) is 19.6. The lowest BCUT2D eigenvalue weighted by molar-refractivity contribution is 0.0698. The molecule has 1 heterocycles. The third-order valence-electron chi connectivity index (χ3n) is 4.28. The van der Waals surface area contributed by atoms with Gasteiger partial charge in [0.2, 0.25) is 10.0 Å². The number of benzene rings is 2. The van der Waals surface area contributed by atoms with E-state index in [0.29, 0.717) is 10.6 Å². The molecule has 0 saturated carbocycles. The molecule has 0 atom stereocenters. The number of hydrogen-bond acceptors (Lipinski definition) is 4. The highest BCUT2D eigenvalue weighted by molar-refractivity contribution is 7.89. The number of carbonyl (C=O) groups excluding carboxylic acids is 1. The van der Waals surface area contributed by atoms with Gasteiger partial charge in [0.15, 0.2) is 0 Å². The van der Waals surface area contributed by atoms with E-state index in [1.807, 2.05) is 6.07 Å². The van der Waals surface area contributed by atoms with E-state index in [2.05, 4.69) is 0 Å². The number of nitriles is 1. The first-order valence-electron chi connectivity index (χ1n) is 8.07. The minimum Gasteiger partial charge on any atom is -0.336 e. The first-order valence-corrected chi connectivity index (χ1v) is 10.3. The predicted octanol–water partition coefficient (Wildman–Crippen LogP) is 3.01. The van der Waals surface area contributed by atoms with Crippen molar-refractivity contribution in [1.29, 1.82) is 5.26 Å². The van der Waals surface area contributed by atoms with Crippen molar-refractivity contribution in [2.45, 2.75) is 4.90 Å². The molecular formula is C18H15Cl2N3O3S. The van der Waals surface area contributed by atoms with Gasteiger partial charge in [-0.2, -0.15) is 9.57 Å². The number of nitrogens with zero attached hydrogens (tertiary/aromatic N) is 3. The standard InChI is InChI=1S/C18H15Cl2N3O3S/c19-15-3-1-2-13(10-15)18(24)22-6-8-23(9-7-22)27(25,26)17-11-16(20)5-4-14(17)12-21/h1-5,10-11H,6-9H2. The van der Waals surface area contributed by atoms with E-state index in [0.717, 1.165) is 0 Å². The number of piperazine rings is 1. The van der Waals surface area contributed by atoms with Crippen LogP contribution in [0.4, 0.5) is 0 Å². The molecule has 0 aliphatic carbocycles. The van der Waals surface area contributed by atoms with Crippen LogP contribution in [0.25, 0.3) is 0 Å². The molecule has 2 aromatic rings. The Morgan fingerprint density at radius 2 is 1.67 bits per heavy atom. The molecule has 1 amide bonds. The van der Waals surface area contributed by atoms with Gasteiger partial charge < -0.3 is 4.90 Å². The number of rotatable bonds is 3. The number of carbonyl (C=O) groups is 1. The highest BCUT2D eigenvalue weighted by Crippen LogP contribution is 2.25. The number of halogens is 2. The van der Waals surface area contributed by atoms with Crippen LogP contribution in [0.3, 0.4) is 0 Å². The number of sulfonamides is 1. The summed E-state index contributed by atoms with van der Waals surface area (Å²) in [4.78, 5) is 14.0. The van der Waals surface area contributed by atoms with Gasteiger partial charge in [-0.15, -0.1) is 0 Å². The van der Waals surface area contributed by atoms with Gasteiger partial charge in [0, 0.05) is 41.8 Å². The van der Waals surface area contributed by atoms with Gasteiger partial charge in [-0.25, -0.2) is 8.42 Å². The summed E-state index contributed by atoms with van der Waals surface area (Å²) >= 11 is 11.8. The summed E-state index contributed by atoms with van der Waals surface area (Å²) in [5.41, 5.74) is 0.497. The quantitative estimate of drug-likeness (QED) is 0.759. The van der Waals surface area contributed by atoms with Crippen LogP contribution in [-0.2, 0) is 10.0 Å². The fraction of sp³-hybridized carbons (Fsp3) is 0.222. The molecule has 6 nitrogen and oxygen atoms in total. The van der Waals surface area contributed by atoms with Crippen molar-refractivity contribution in [3.8, 4) is 6.07 Å². The van der Waals surface area contributed by atoms with E-state index < -0.39 is 10.0 Å². The van der Waals surface area contributed by atoms with Crippen molar-refractivity contribution in [3.63, 3.8) is 0 Å². The number of amides is 1. The van der Waals surface area contributed by atoms with E-state index in [1.54, 1.807) is 29.2 Å². The third-order valence-corrected chi connectivity index (χ3v) is 6.69. The van der Waals surface area contributed by atoms with Crippen LogP contribution in [0.1, 0.15) is 15.9 Å². The lowest BCUT2D eigenvalue weighted by Gasteiger charge is -2.34. The minimum absolute atomic E-state index is 0.0387. The molecule has 0 unspecified atom stereocenters. The summed E-state index contributed by atoms with van der Waals surface area (Å²) in [6, 6.07) is 12.6. The topological polar surface area (TPSA) is 81.5 Å². The van der Waals surface area contributed by atoms with E-state index in [1.165, 1.54) is 22.5 Å². The zero-order valence-corrected chi connectivity index (χ0v) is 16.4. The lowest BCUT2D eigenvalue weighted by Crippen LogP contribution is -2.50. The first-order chi connectivity index (χ1) is 12.8. The molecule has 0 N–H and O–H groups in total. The molecule has 0 spiro atoms. The Labute approximate surface area is 167 Å². The van der Waals surface area contributed by atoms with E-state index in [-0.39, 0.29) is 47.6 Å². The summed E-state index contributed by atoms with van der Waals surface area (Å²) < 4.78 is 27.1. The molecule has 9 heteroatoms. The molecule has 2 aromatic carbocycles. The molecule has 0 aromatic heterocycles. The molecule has 1 fully saturated rings. The fourth-order valence-corrected chi connectivity index (χ4v) is 4.89. The van der Waals surface area contributed by atoms with E-state index >= 15 is 0 Å². The summed E-state index contributed by atoms with van der Waals surface area (Å²) in [5.74, 6) is -0.199. The van der Waals surface area contributed by atoms with Crippen LogP contribution < -0.4 is 0 Å². The highest BCUT2D eigenvalue weighted by Gasteiger charge is 2.32. The van der Waals surface area contributed by atoms with Crippen LogP contribution in [0.15, 0.2) is 47.4 Å². The second-order valence-electron chi connectivity index (χ2n) is 5.96. The average molecular weight is 424 g/mol. The van der Waals surface area contributed by atoms with E-state index in [9.17, 15) is 18.5 Å². The number of hydrogen-bond donors (Lipinski definition) is 0. The van der Waals surface area contributed by atoms with Crippen LogP contribution in [0, 0.1) is 11.3 Å². The van der Waals surface area contributed by atoms with Gasteiger partial charge in [-0.05, 0) is 36.4 Å². The van der Waals surface area contributed by atoms with Crippen molar-refractivity contribution in [3.05, 3.63) is 63.6 Å². The second-order valence-corrected chi connectivity index (χ2v) is 8.74. The Morgan fingerprint density at radius 1 is 1.00 bits per heavy atom. The smallest absolute Gasteiger partial charge is 0.253 e. The predicted molar refractivity (Wildman–Crippen MR) is 102 cm³/mol. The Bertz CT molecular complexity index is 1030. The van der Waals surface area contributed by atoms with Gasteiger partial charge in [-0.1, -0.05) is 29.3 Å². The second kappa shape index (κ2) is 7.87. The highest BCUT2D eigenvalue weighted by atomic mass is 35.5. The molecule has 3 rings (SSSR count). The van der Waals surface area contributed by atoms with Crippen molar-refractivity contribution in [1.82, 2.24) is 9.21 Å². The molecule has 1 aliphatic rings. The van der Waals surface area contributed by atoms with Crippen LogP contribution >= 0.6 is 23.2 Å². The molecule has 27 heavy (non-hydrogen) atoms. The Hall–Kier alpha value is -2.11. The maximum absolute atomic E-state index is 12.9. The molecule has 140 valence electrons. The molecule has 1 aliphatic heterocycles. The summed E-state index contributed by atoms with van der Waals surface area (Å²) in [6.07, 6.45) is 0. The van der Waals surface area contributed by atoms with Crippen molar-refractivity contribution < 1.29 is 13.2 Å². The summed E-state index contributed by atoms with van der Waals surface area (Å²) in [7, 11) is -3.88. The third kappa shape index (κ3) is 4.09. The average Bonchev–Trinajstić information content (AvgIpc) is 2.67. The van der Waals surface area contributed by atoms with Crippen LogP contribution in [0.2, 0.25) is 10.0 Å². The molecule has 1 saturated heterocycles. The zero-order valence-electron chi connectivity index (χ0n) is 14.1. The van der Waals surface area contributed by atoms with E-state index in [4.69, 9.17) is 23.2 Å². The molecular weight excluding hydrogens is 409 g/mol. The van der Waals surface area contributed by atoms with Crippen molar-refractivity contribution in [2.75, 3.05) is 26.2 Å². The Morgan fingerprint density at radius 3 is 2.30 bits per heavy atom. The van der Waals surface area contributed by atoms with Gasteiger partial charge in [0.05, 0.1) is 5.56 Å². The maximum Gasteiger partial charge on any atom is 0.253 e. The van der Waals surface area contributed by atoms with Gasteiger partial charge in [0.1, 0.15) is 11.0 Å². The Balaban J connectivity index is 1.76. The molecule has 0 bridgehead atoms. The summed E-state index contributed by atoms with van der Waals surface area (Å²) in [5, 5.41) is 9.90. The summed E-state index contributed by atoms with van der Waals surface area (Å²) in [6.45, 7) is 0.748. The SMILES string of the molecule is N#Cc1ccc(Cl)cc1S(=O)(=O)N1CCN(C(=O)c2cccc(Cl)c2)CC1. The monoisotopic (exact) mass is 423 g/mol. The van der Waals surface area contributed by atoms with Gasteiger partial charge in [-0.3, -0.25) is 4.79 Å². The largest absolute Gasteiger partial charge is 0.336 e. The van der Waals surface area contributed by atoms with Crippen LogP contribution in [0.5, 0.6) is 0 Å². The van der Waals surface area contributed by atoms with Gasteiger partial charge in [0.25, 0.3) is 5.91 Å². The Kier molecular flexibility index (Phi) is 5.72. The maximum atomic E-state index is 12.9. The lowest BCUT2D eigenvalue weighted by atomic mass is 10.2. The molecule has 0 radical (unpaired) electrons. The first kappa shape index (κ1) is 19.6. The minimum atomic E-state index is -3.88.